The van der Waals surface area contributed by atoms with Crippen molar-refractivity contribution in [3.8, 4) is 61.6 Å². The van der Waals surface area contributed by atoms with Crippen molar-refractivity contribution in [2.75, 3.05) is 9.80 Å². The summed E-state index contributed by atoms with van der Waals surface area (Å²) in [6.45, 7) is 82.6. The van der Waals surface area contributed by atoms with Crippen LogP contribution in [0.4, 0.5) is 34.1 Å². The van der Waals surface area contributed by atoms with Crippen LogP contribution in [0.2, 0.25) is 0 Å². The lowest BCUT2D eigenvalue weighted by molar-refractivity contribution is 0.569. The molecule has 5 heterocycles. The molecular weight excluding hydrogens is 1740 g/mol. The lowest BCUT2D eigenvalue weighted by atomic mass is 9.33. The maximum atomic E-state index is 10.8. The Bertz CT molecular complexity index is 8540. The summed E-state index contributed by atoms with van der Waals surface area (Å²) < 4.78 is 88.8. The van der Waals surface area contributed by atoms with E-state index in [1.807, 2.05) is 0 Å². The van der Waals surface area contributed by atoms with Gasteiger partial charge in [0.25, 0.3) is 6.71 Å². The molecule has 2 aliphatic rings. The van der Waals surface area contributed by atoms with Crippen molar-refractivity contribution in [2.45, 2.75) is 314 Å². The number of para-hydroxylation sites is 2. The second-order valence-electron chi connectivity index (χ2n) is 54.4. The molecule has 0 saturated heterocycles. The van der Waals surface area contributed by atoms with E-state index in [0.717, 1.165) is 172 Å². The molecule has 18 aromatic rings. The second kappa shape index (κ2) is 33.5. The number of nitrogens with zero attached hydrogens (tertiary/aromatic N) is 5. The fourth-order valence-corrected chi connectivity index (χ4v) is 22.3. The summed E-state index contributed by atoms with van der Waals surface area (Å²) in [6.07, 6.45) is 0. The zero-order valence-corrected chi connectivity index (χ0v) is 92.8. The topological polar surface area (TPSA) is 21.3 Å². The normalized spacial score (nSPS) is 14.7. The predicted octanol–water partition coefficient (Wildman–Crippen LogP) is 37.3. The third kappa shape index (κ3) is 17.2. The average Bonchev–Trinajstić information content (AvgIpc) is 1.33. The third-order valence-corrected chi connectivity index (χ3v) is 31.3. The van der Waals surface area contributed by atoms with E-state index in [9.17, 15) is 11.0 Å². The van der Waals surface area contributed by atoms with Crippen molar-refractivity contribution in [1.29, 1.82) is 0 Å². The fourth-order valence-electron chi connectivity index (χ4n) is 22.3. The molecule has 0 amide bonds. The Balaban J connectivity index is 1.09. The van der Waals surface area contributed by atoms with Crippen LogP contribution >= 0.6 is 0 Å². The van der Waals surface area contributed by atoms with Crippen LogP contribution < -0.4 is 26.2 Å². The third-order valence-electron chi connectivity index (χ3n) is 31.3. The van der Waals surface area contributed by atoms with Crippen LogP contribution in [0.1, 0.15) is 327 Å². The number of hydrogen-bond acceptors (Lipinski definition) is 2. The molecule has 5 nitrogen and oxygen atoms in total. The first-order chi connectivity index (χ1) is 70.3. The van der Waals surface area contributed by atoms with E-state index in [4.69, 9.17) is 0 Å². The number of rotatable bonds is 9. The van der Waals surface area contributed by atoms with Gasteiger partial charge in [0.15, 0.2) is 0 Å². The molecule has 2 aliphatic heterocycles. The first kappa shape index (κ1) is 89.0. The molecule has 3 aromatic heterocycles. The summed E-state index contributed by atoms with van der Waals surface area (Å²) in [5.41, 5.74) is 32.9. The highest BCUT2D eigenvalue weighted by Crippen LogP contribution is 2.59. The van der Waals surface area contributed by atoms with E-state index in [2.05, 4.69) is 499 Å². The van der Waals surface area contributed by atoms with Crippen molar-refractivity contribution in [3.63, 3.8) is 0 Å². The van der Waals surface area contributed by atoms with Gasteiger partial charge in [-0.1, -0.05) is 407 Å². The molecule has 6 heteroatoms. The zero-order valence-electron chi connectivity index (χ0n) is 101. The van der Waals surface area contributed by atoms with Gasteiger partial charge in [-0.15, -0.1) is 0 Å². The minimum absolute atomic E-state index is 0.00945. The summed E-state index contributed by atoms with van der Waals surface area (Å²) >= 11 is 0. The monoisotopic (exact) mass is 1900 g/mol. The highest BCUT2D eigenvalue weighted by molar-refractivity contribution is 7.00. The Hall–Kier alpha value is -12.6. The lowest BCUT2D eigenvalue weighted by Crippen LogP contribution is -2.61. The van der Waals surface area contributed by atoms with Gasteiger partial charge in [-0.25, -0.2) is 0 Å². The first-order valence-corrected chi connectivity index (χ1v) is 52.5. The highest BCUT2D eigenvalue weighted by atomic mass is 15.2. The lowest BCUT2D eigenvalue weighted by Gasteiger charge is -2.46. The van der Waals surface area contributed by atoms with Crippen LogP contribution in [0.15, 0.2) is 279 Å². The van der Waals surface area contributed by atoms with E-state index < -0.39 is 71.3 Å². The molecule has 0 saturated carbocycles. The molecule has 0 radical (unpaired) electrons. The quantitative estimate of drug-likeness (QED) is 0.134. The molecule has 20 rings (SSSR count). The summed E-state index contributed by atoms with van der Waals surface area (Å²) in [7, 11) is 0. The highest BCUT2D eigenvalue weighted by Gasteiger charge is 2.48. The van der Waals surface area contributed by atoms with Crippen LogP contribution in [-0.2, 0) is 65.0 Å². The number of fused-ring (bicyclic) bond motifs is 13. The molecule has 0 aliphatic carbocycles. The van der Waals surface area contributed by atoms with E-state index in [1.165, 1.54) is 44.5 Å². The Morgan fingerprint density at radius 2 is 0.465 bits per heavy atom. The largest absolute Gasteiger partial charge is 0.310 e. The van der Waals surface area contributed by atoms with Crippen molar-refractivity contribution < 1.29 is 11.0 Å². The van der Waals surface area contributed by atoms with Crippen LogP contribution in [0.25, 0.3) is 127 Å². The summed E-state index contributed by atoms with van der Waals surface area (Å²) in [5.74, 6) is 0. The molecule has 15 aromatic carbocycles. The SMILES string of the molecule is [2H]c1c([2H])c([2H])c2c(c1[2H])c1c([2H])c([2H])c([2H])c([2H])c1n2-c1cc2c3c(c1)N(c1c(-c4ccc(C(C)(C)C)cc4)cc(C(C)(C)C)cc1-c1cc(C(C)(C)C)ccc1C(C)(C)C)c1cc(-n4c5ccc(C(C)(C)C)cc5c5cc(C(C)(C)C)ccc54)ccc1B3c1ccc(-n3c4ccc(C(C)(C)C)cc4c4cc(C(C)(C)C)ccc43)cc1N2c1c(-c2ccc(C(C)(C)C)cc2)cc(C(C)(C)C)cc1-c1cc(C(C)(C)C)cc(C(C)(C)C)c1. The molecule has 734 valence electrons. The van der Waals surface area contributed by atoms with Gasteiger partial charge >= 0.3 is 0 Å². The smallest absolute Gasteiger partial charge is 0.252 e. The number of anilines is 6. The molecule has 0 unspecified atom stereocenters. The van der Waals surface area contributed by atoms with Crippen LogP contribution in [-0.4, -0.2) is 20.4 Å². The van der Waals surface area contributed by atoms with Gasteiger partial charge in [-0.05, 0) is 292 Å². The minimum atomic E-state index is -0.657. The summed E-state index contributed by atoms with van der Waals surface area (Å²) in [6, 6.07) is 86.9. The van der Waals surface area contributed by atoms with E-state index in [0.29, 0.717) is 5.69 Å². The van der Waals surface area contributed by atoms with Gasteiger partial charge in [0, 0.05) is 88.7 Å². The van der Waals surface area contributed by atoms with E-state index >= 15 is 0 Å². The fraction of sp³-hybridized carbons (Fsp3) is 0.348. The van der Waals surface area contributed by atoms with Crippen LogP contribution in [0.3, 0.4) is 0 Å². The molecule has 0 atom stereocenters. The van der Waals surface area contributed by atoms with Crippen LogP contribution in [0, 0.1) is 0 Å². The first-order valence-electron chi connectivity index (χ1n) is 56.5. The second-order valence-corrected chi connectivity index (χ2v) is 54.4. The molecule has 144 heavy (non-hydrogen) atoms. The molecule has 0 bridgehead atoms. The standard InChI is InChI=1S/C138H154BN5/c1-127(2,3)86-49-45-83(46-50-86)102-75-95(136(28,29)30)77-104(85-67-93(134(22,23)24)69-94(68-85)135(25,26)27)125(102)143-120-79-97(140-116-63-54-89(130(10,11)12)71-106(116)107-72-90(131(13,14)15)55-64-117(107)140)58-61-112(120)139-113-62-59-98(141-118-65-56-91(132(16,17)18)73-108(118)109-74-92(133(19,20)21)57-66-119(109)141)80-121(113)144(123-82-99(81-122(143)124(123)139)142-114-43-39-37-41-100(114)101-42-38-40-44-115(101)142)126-103(84-47-51-87(52-48-84)128(4,5)6)76-96(137(31,32)33)78-110(126)105-70-88(129(7,8)9)53-60-111(105)138(34,35)36/h37-82H,1-36H3/i37D,38D,39D,40D,41D,42D,43D,44D. The van der Waals surface area contributed by atoms with Crippen molar-refractivity contribution in [1.82, 2.24) is 13.7 Å². The van der Waals surface area contributed by atoms with Gasteiger partial charge in [-0.3, -0.25) is 0 Å². The number of hydrogen-bond donors (Lipinski definition) is 0. The maximum absolute atomic E-state index is 10.8. The van der Waals surface area contributed by atoms with Gasteiger partial charge in [0.05, 0.1) is 61.1 Å². The Kier molecular flexibility index (Phi) is 20.7. The van der Waals surface area contributed by atoms with Crippen LogP contribution in [0.5, 0.6) is 0 Å². The Labute approximate surface area is 872 Å². The van der Waals surface area contributed by atoms with E-state index in [-0.39, 0.29) is 70.5 Å². The molecule has 0 spiro atoms. The molecule has 0 N–H and O–H groups in total. The number of benzene rings is 15. The average molecular weight is 1900 g/mol. The summed E-state index contributed by atoms with van der Waals surface area (Å²) in [5, 5.41) is 4.55. The Morgan fingerprint density at radius 3 is 0.799 bits per heavy atom. The molecule has 0 fully saturated rings. The minimum Gasteiger partial charge on any atom is -0.310 e. The van der Waals surface area contributed by atoms with Crippen molar-refractivity contribution in [2.24, 2.45) is 0 Å². The Morgan fingerprint density at radius 1 is 0.194 bits per heavy atom. The maximum Gasteiger partial charge on any atom is 0.252 e. The predicted molar refractivity (Wildman–Crippen MR) is 630 cm³/mol. The summed E-state index contributed by atoms with van der Waals surface area (Å²) in [4.78, 5) is 5.21. The van der Waals surface area contributed by atoms with Crippen molar-refractivity contribution in [3.05, 3.63) is 346 Å². The number of aromatic nitrogens is 3. The van der Waals surface area contributed by atoms with Gasteiger partial charge < -0.3 is 23.5 Å². The van der Waals surface area contributed by atoms with E-state index in [1.54, 1.807) is 4.57 Å². The van der Waals surface area contributed by atoms with Gasteiger partial charge in [0.2, 0.25) is 0 Å². The zero-order chi connectivity index (χ0) is 110. The van der Waals surface area contributed by atoms with Gasteiger partial charge in [-0.2, -0.15) is 0 Å². The van der Waals surface area contributed by atoms with Gasteiger partial charge in [0.1, 0.15) is 0 Å². The molecular formula is C138H154BN5. The van der Waals surface area contributed by atoms with Crippen molar-refractivity contribution >= 4 is 123 Å².